The molecule has 0 aromatic heterocycles. The fourth-order valence-corrected chi connectivity index (χ4v) is 25.5. The third kappa shape index (κ3) is 4.26. The summed E-state index contributed by atoms with van der Waals surface area (Å²) in [5, 5.41) is 1.43. The van der Waals surface area contributed by atoms with Crippen LogP contribution in [0.4, 0.5) is 0 Å². The van der Waals surface area contributed by atoms with E-state index in [-0.39, 0.29) is 0 Å². The standard InChI is InChI=1S/C23H19As3/c1-4-10-18(11-5-1)21-16-17-24-26-25-23(20-14-8-3-9-15-20)22(21)19-12-6-2-7-13-19/h1-15H,16-17H2/b22-21+. The van der Waals surface area contributed by atoms with Crippen LogP contribution in [0.15, 0.2) is 91.0 Å². The van der Waals surface area contributed by atoms with Crippen LogP contribution in [0, 0.1) is 0 Å². The first kappa shape index (κ1) is 18.3. The second-order valence-corrected chi connectivity index (χ2v) is 26.7. The molecule has 0 atom stereocenters. The molecule has 0 aliphatic carbocycles. The molecule has 0 radical (unpaired) electrons. The van der Waals surface area contributed by atoms with Gasteiger partial charge in [0.2, 0.25) is 0 Å². The van der Waals surface area contributed by atoms with Crippen LogP contribution < -0.4 is 0 Å². The molecule has 3 aromatic carbocycles. The van der Waals surface area contributed by atoms with E-state index in [2.05, 4.69) is 91.0 Å². The summed E-state index contributed by atoms with van der Waals surface area (Å²) >= 11 is 1.44. The predicted octanol–water partition coefficient (Wildman–Crippen LogP) is 4.58. The van der Waals surface area contributed by atoms with Crippen LogP contribution in [0.3, 0.4) is 0 Å². The minimum atomic E-state index is 0.303. The van der Waals surface area contributed by atoms with E-state index < -0.39 is 0 Å². The Morgan fingerprint density at radius 1 is 0.577 bits per heavy atom. The van der Waals surface area contributed by atoms with Crippen molar-refractivity contribution in [2.24, 2.45) is 0 Å². The Morgan fingerprint density at radius 2 is 1.12 bits per heavy atom. The van der Waals surface area contributed by atoms with Gasteiger partial charge in [0.25, 0.3) is 0 Å². The Kier molecular flexibility index (Phi) is 6.51. The Bertz CT molecular complexity index is 956. The average Bonchev–Trinajstić information content (AvgIpc) is 2.70. The molecule has 0 unspecified atom stereocenters. The van der Waals surface area contributed by atoms with Crippen molar-refractivity contribution in [3.8, 4) is 0 Å². The van der Waals surface area contributed by atoms with Crippen LogP contribution in [0.5, 0.6) is 0 Å². The molecule has 0 saturated carbocycles. The van der Waals surface area contributed by atoms with Crippen molar-refractivity contribution in [1.29, 1.82) is 0 Å². The molecule has 3 heteroatoms. The maximum absolute atomic E-state index is 2.32. The molecular formula is C23H19As3. The molecular weight excluding hydrogens is 501 g/mol. The number of benzene rings is 3. The Labute approximate surface area is 171 Å². The van der Waals surface area contributed by atoms with Gasteiger partial charge in [0, 0.05) is 0 Å². The fourth-order valence-electron chi connectivity index (χ4n) is 3.24. The van der Waals surface area contributed by atoms with Crippen molar-refractivity contribution in [3.63, 3.8) is 0 Å². The number of allylic oxidation sites excluding steroid dienone is 2. The van der Waals surface area contributed by atoms with Gasteiger partial charge in [-0.3, -0.25) is 0 Å². The molecule has 4 rings (SSSR count). The molecule has 0 amide bonds. The SMILES string of the molecule is c1ccc(C2=[As]/[As]=[As]\CC/C(c3ccccc3)=C\2c2ccccc2)cc1. The predicted molar refractivity (Wildman–Crippen MR) is 117 cm³/mol. The Balaban J connectivity index is 2.01. The summed E-state index contributed by atoms with van der Waals surface area (Å²) < 4.78 is 1.65. The molecule has 1 aliphatic heterocycles. The second-order valence-electron chi connectivity index (χ2n) is 6.10. The second kappa shape index (κ2) is 9.24. The van der Waals surface area contributed by atoms with Gasteiger partial charge in [0.05, 0.1) is 0 Å². The molecule has 0 N–H and O–H groups in total. The number of hydrogen-bond donors (Lipinski definition) is 0. The van der Waals surface area contributed by atoms with E-state index in [1.54, 1.807) is 9.88 Å². The van der Waals surface area contributed by atoms with Gasteiger partial charge in [0.15, 0.2) is 0 Å². The quantitative estimate of drug-likeness (QED) is 0.444. The summed E-state index contributed by atoms with van der Waals surface area (Å²) in [6, 6.07) is 33.3. The van der Waals surface area contributed by atoms with Crippen LogP contribution in [0.1, 0.15) is 23.1 Å². The van der Waals surface area contributed by atoms with Gasteiger partial charge in [0.1, 0.15) is 0 Å². The first-order valence-corrected chi connectivity index (χ1v) is 21.4. The van der Waals surface area contributed by atoms with Crippen molar-refractivity contribution in [2.75, 3.05) is 0 Å². The van der Waals surface area contributed by atoms with E-state index in [1.165, 1.54) is 33.9 Å². The number of rotatable bonds is 3. The van der Waals surface area contributed by atoms with Crippen LogP contribution in [-0.2, 0) is 0 Å². The van der Waals surface area contributed by atoms with Gasteiger partial charge in [-0.2, -0.15) is 0 Å². The Morgan fingerprint density at radius 3 is 1.73 bits per heavy atom. The van der Waals surface area contributed by atoms with E-state index in [0.717, 1.165) is 0 Å². The third-order valence-electron chi connectivity index (χ3n) is 4.44. The summed E-state index contributed by atoms with van der Waals surface area (Å²) in [5.41, 5.74) is 7.32. The summed E-state index contributed by atoms with van der Waals surface area (Å²) in [7, 11) is 0. The van der Waals surface area contributed by atoms with Crippen molar-refractivity contribution in [2.45, 2.75) is 11.6 Å². The minimum absolute atomic E-state index is 0.303. The third-order valence-corrected chi connectivity index (χ3v) is 26.2. The number of hydrogen-bond acceptors (Lipinski definition) is 0. The normalized spacial score (nSPS) is 20.5. The summed E-state index contributed by atoms with van der Waals surface area (Å²) in [6.07, 6.45) is 1.22. The summed E-state index contributed by atoms with van der Waals surface area (Å²) in [6.45, 7) is 0. The van der Waals surface area contributed by atoms with E-state index in [0.29, 0.717) is 37.5 Å². The zero-order chi connectivity index (χ0) is 17.6. The van der Waals surface area contributed by atoms with E-state index in [4.69, 9.17) is 0 Å². The molecule has 3 aromatic rings. The van der Waals surface area contributed by atoms with Crippen LogP contribution in [0.25, 0.3) is 11.1 Å². The summed E-state index contributed by atoms with van der Waals surface area (Å²) in [5.74, 6) is 0. The molecule has 1 heterocycles. The molecule has 0 spiro atoms. The van der Waals surface area contributed by atoms with Crippen LogP contribution >= 0.6 is 0 Å². The monoisotopic (exact) mass is 520 g/mol. The first-order valence-electron chi connectivity index (χ1n) is 8.78. The van der Waals surface area contributed by atoms with Crippen LogP contribution in [0.2, 0.25) is 5.21 Å². The van der Waals surface area contributed by atoms with Gasteiger partial charge < -0.3 is 0 Å². The van der Waals surface area contributed by atoms with E-state index >= 15 is 0 Å². The molecule has 0 nitrogen and oxygen atoms in total. The maximum atomic E-state index is 2.32. The molecule has 126 valence electrons. The van der Waals surface area contributed by atoms with E-state index in [1.807, 2.05) is 0 Å². The summed E-state index contributed by atoms with van der Waals surface area (Å²) in [4.78, 5) is 0. The zero-order valence-electron chi connectivity index (χ0n) is 14.4. The van der Waals surface area contributed by atoms with Crippen LogP contribution in [-0.4, -0.2) is 41.8 Å². The van der Waals surface area contributed by atoms with Gasteiger partial charge in [-0.1, -0.05) is 0 Å². The van der Waals surface area contributed by atoms with Gasteiger partial charge in [-0.25, -0.2) is 0 Å². The zero-order valence-corrected chi connectivity index (χ0v) is 20.0. The van der Waals surface area contributed by atoms with Crippen molar-refractivity contribution < 1.29 is 0 Å². The average molecular weight is 520 g/mol. The molecule has 26 heavy (non-hydrogen) atoms. The van der Waals surface area contributed by atoms with Gasteiger partial charge in [-0.05, 0) is 0 Å². The molecule has 0 saturated heterocycles. The topological polar surface area (TPSA) is 0 Å². The fraction of sp³-hybridized carbons (Fsp3) is 0.0870. The van der Waals surface area contributed by atoms with Crippen molar-refractivity contribution in [1.82, 2.24) is 0 Å². The molecule has 0 bridgehead atoms. The van der Waals surface area contributed by atoms with Gasteiger partial charge >= 0.3 is 172 Å². The van der Waals surface area contributed by atoms with Gasteiger partial charge in [-0.15, -0.1) is 0 Å². The molecule has 0 fully saturated rings. The van der Waals surface area contributed by atoms with Crippen molar-refractivity contribution in [3.05, 3.63) is 108 Å². The first-order chi connectivity index (χ1) is 12.9. The Hall–Kier alpha value is -1.05. The van der Waals surface area contributed by atoms with Crippen molar-refractivity contribution >= 4 is 52.9 Å². The molecule has 1 aliphatic rings. The van der Waals surface area contributed by atoms with E-state index in [9.17, 15) is 0 Å².